The van der Waals surface area contributed by atoms with Gasteiger partial charge in [0.05, 0.1) is 17.4 Å². The number of rotatable bonds is 4. The fraction of sp³-hybridized carbons (Fsp3) is 0.500. The van der Waals surface area contributed by atoms with Gasteiger partial charge in [-0.15, -0.1) is 0 Å². The molecule has 0 heterocycles. The van der Waals surface area contributed by atoms with Crippen molar-refractivity contribution in [1.29, 1.82) is 5.26 Å². The van der Waals surface area contributed by atoms with Crippen molar-refractivity contribution in [2.75, 3.05) is 0 Å². The fourth-order valence-electron chi connectivity index (χ4n) is 0.902. The predicted molar refractivity (Wildman–Crippen MR) is 61.7 cm³/mol. The van der Waals surface area contributed by atoms with Gasteiger partial charge in [0.1, 0.15) is 10.7 Å². The van der Waals surface area contributed by atoms with Crippen molar-refractivity contribution in [2.45, 2.75) is 25.3 Å². The van der Waals surface area contributed by atoms with Crippen LogP contribution < -0.4 is 5.73 Å². The zero-order chi connectivity index (χ0) is 12.9. The van der Waals surface area contributed by atoms with Crippen molar-refractivity contribution in [3.8, 4) is 6.07 Å². The molecule has 0 aromatic carbocycles. The van der Waals surface area contributed by atoms with Gasteiger partial charge in [0.15, 0.2) is 5.16 Å². The molecule has 0 bridgehead atoms. The van der Waals surface area contributed by atoms with E-state index in [1.165, 1.54) is 13.8 Å². The maximum atomic E-state index is 10.7. The second-order valence-electron chi connectivity index (χ2n) is 3.26. The fourth-order valence-corrected chi connectivity index (χ4v) is 1.18. The van der Waals surface area contributed by atoms with Crippen molar-refractivity contribution in [3.05, 3.63) is 21.0 Å². The van der Waals surface area contributed by atoms with Crippen molar-refractivity contribution >= 4 is 28.9 Å². The monoisotopic (exact) mass is 264 g/mol. The van der Waals surface area contributed by atoms with Gasteiger partial charge in [0, 0.05) is 0 Å². The highest BCUT2D eigenvalue weighted by Gasteiger charge is 2.26. The summed E-state index contributed by atoms with van der Waals surface area (Å²) in [6.45, 7) is 3.04. The first-order chi connectivity index (χ1) is 7.19. The van der Waals surface area contributed by atoms with Crippen LogP contribution in [-0.4, -0.2) is 15.6 Å². The molecular weight excluding hydrogens is 255 g/mol. The van der Waals surface area contributed by atoms with Gasteiger partial charge in [-0.2, -0.15) is 5.26 Å². The minimum Gasteiger partial charge on any atom is -0.384 e. The Balaban J connectivity index is 5.55. The third kappa shape index (κ3) is 4.96. The number of nitrogens with two attached hydrogens (primary N) is 1. The van der Waals surface area contributed by atoms with Gasteiger partial charge in [0.25, 0.3) is 0 Å². The first-order valence-corrected chi connectivity index (χ1v) is 4.89. The zero-order valence-electron chi connectivity index (χ0n) is 8.70. The maximum absolute atomic E-state index is 10.7. The number of nitriles is 1. The highest BCUT2D eigenvalue weighted by molar-refractivity contribution is 6.31. The lowest BCUT2D eigenvalue weighted by Gasteiger charge is -2.11. The van der Waals surface area contributed by atoms with Crippen molar-refractivity contribution in [3.63, 3.8) is 0 Å². The Morgan fingerprint density at radius 1 is 1.69 bits per heavy atom. The van der Waals surface area contributed by atoms with Crippen LogP contribution in [0.25, 0.3) is 0 Å². The lowest BCUT2D eigenvalue weighted by molar-refractivity contribution is -0.415. The Hall–Kier alpha value is -1.32. The van der Waals surface area contributed by atoms with Gasteiger partial charge in [-0.25, -0.2) is 0 Å². The molecule has 0 aliphatic heterocycles. The summed E-state index contributed by atoms with van der Waals surface area (Å²) in [5.41, 5.74) is 4.43. The van der Waals surface area contributed by atoms with Crippen molar-refractivity contribution < 1.29 is 4.92 Å². The van der Waals surface area contributed by atoms with Crippen LogP contribution in [0.4, 0.5) is 0 Å². The van der Waals surface area contributed by atoms with Gasteiger partial charge in [-0.1, -0.05) is 23.2 Å². The number of nitro groups is 1. The van der Waals surface area contributed by atoms with E-state index in [2.05, 4.69) is 4.99 Å². The van der Waals surface area contributed by atoms with E-state index in [0.717, 1.165) is 0 Å². The summed E-state index contributed by atoms with van der Waals surface area (Å²) in [7, 11) is 0. The van der Waals surface area contributed by atoms with E-state index < -0.39 is 20.8 Å². The van der Waals surface area contributed by atoms with E-state index in [0.29, 0.717) is 0 Å². The molecule has 0 aromatic rings. The molecule has 0 atom stereocenters. The molecule has 2 N–H and O–H groups in total. The average molecular weight is 265 g/mol. The summed E-state index contributed by atoms with van der Waals surface area (Å²) in [6, 6.07) is 1.74. The third-order valence-corrected chi connectivity index (χ3v) is 1.59. The minimum atomic E-state index is -1.07. The Labute approximate surface area is 102 Å². The van der Waals surface area contributed by atoms with Crippen molar-refractivity contribution in [1.82, 2.24) is 0 Å². The predicted octanol–water partition coefficient (Wildman–Crippen LogP) is 1.96. The van der Waals surface area contributed by atoms with E-state index in [-0.39, 0.29) is 12.1 Å². The summed E-state index contributed by atoms with van der Waals surface area (Å²) < 4.78 is 0. The second kappa shape index (κ2) is 5.68. The largest absolute Gasteiger partial charge is 0.384 e. The van der Waals surface area contributed by atoms with Crippen LogP contribution in [0.3, 0.4) is 0 Å². The molecule has 0 amide bonds. The summed E-state index contributed by atoms with van der Waals surface area (Å²) in [6.07, 6.45) is -0.292. The van der Waals surface area contributed by atoms with Crippen LogP contribution >= 0.6 is 23.2 Å². The molecule has 8 heteroatoms. The van der Waals surface area contributed by atoms with Crippen LogP contribution in [-0.2, 0) is 0 Å². The molecule has 0 unspecified atom stereocenters. The standard InChI is InChI=1S/C8H10Cl2N4O2/c1-8(2,10)13-5(3-4-11)6(7(9)12)14(15)16/h3,12H2,1-2H3/b7-6+,13-5-. The number of halogens is 2. The number of allylic oxidation sites excluding steroid dienone is 1. The Kier molecular flexibility index (Phi) is 5.21. The van der Waals surface area contributed by atoms with Crippen LogP contribution in [0, 0.1) is 21.4 Å². The van der Waals surface area contributed by atoms with E-state index in [1.807, 2.05) is 0 Å². The molecule has 0 aliphatic carbocycles. The zero-order valence-corrected chi connectivity index (χ0v) is 10.2. The quantitative estimate of drug-likeness (QED) is 0.275. The molecule has 0 radical (unpaired) electrons. The molecule has 0 aliphatic rings. The third-order valence-electron chi connectivity index (χ3n) is 1.33. The maximum Gasteiger partial charge on any atom is 0.325 e. The number of nitrogens with zero attached hydrogens (tertiary/aromatic N) is 3. The molecule has 0 aromatic heterocycles. The van der Waals surface area contributed by atoms with Crippen LogP contribution in [0.15, 0.2) is 15.8 Å². The van der Waals surface area contributed by atoms with Gasteiger partial charge < -0.3 is 5.73 Å². The lowest BCUT2D eigenvalue weighted by atomic mass is 10.2. The first-order valence-electron chi connectivity index (χ1n) is 4.13. The highest BCUT2D eigenvalue weighted by atomic mass is 35.5. The molecular formula is C8H10Cl2N4O2. The van der Waals surface area contributed by atoms with E-state index in [4.69, 9.17) is 34.2 Å². The number of hydrogen-bond acceptors (Lipinski definition) is 5. The lowest BCUT2D eigenvalue weighted by Crippen LogP contribution is -2.20. The normalized spacial score (nSPS) is 14.1. The van der Waals surface area contributed by atoms with E-state index in [1.54, 1.807) is 6.07 Å². The van der Waals surface area contributed by atoms with Crippen LogP contribution in [0.1, 0.15) is 20.3 Å². The number of alkyl halides is 1. The smallest absolute Gasteiger partial charge is 0.325 e. The number of aliphatic imine (C=N–C) groups is 1. The SMILES string of the molecule is CC(C)(Cl)/N=C(CC#N)\C(=C(/N)Cl)[N+](=O)[O-]. The van der Waals surface area contributed by atoms with Gasteiger partial charge in [-0.05, 0) is 13.8 Å². The molecule has 0 saturated carbocycles. The second-order valence-corrected chi connectivity index (χ2v) is 4.59. The molecule has 0 saturated heterocycles. The highest BCUT2D eigenvalue weighted by Crippen LogP contribution is 2.19. The van der Waals surface area contributed by atoms with Gasteiger partial charge in [-0.3, -0.25) is 15.1 Å². The molecule has 0 rings (SSSR count). The molecule has 88 valence electrons. The van der Waals surface area contributed by atoms with Gasteiger partial charge in [0.2, 0.25) is 0 Å². The van der Waals surface area contributed by atoms with E-state index in [9.17, 15) is 10.1 Å². The summed E-state index contributed by atoms with van der Waals surface area (Å²) in [5.74, 6) is 0. The van der Waals surface area contributed by atoms with E-state index >= 15 is 0 Å². The summed E-state index contributed by atoms with van der Waals surface area (Å²) >= 11 is 11.2. The summed E-state index contributed by atoms with van der Waals surface area (Å²) in [4.78, 5) is 12.7. The topological polar surface area (TPSA) is 105 Å². The molecule has 16 heavy (non-hydrogen) atoms. The Bertz CT molecular complexity index is 386. The van der Waals surface area contributed by atoms with Gasteiger partial charge >= 0.3 is 5.70 Å². The molecule has 6 nitrogen and oxygen atoms in total. The number of hydrogen-bond donors (Lipinski definition) is 1. The first kappa shape index (κ1) is 14.7. The molecule has 0 fully saturated rings. The Morgan fingerprint density at radius 2 is 2.19 bits per heavy atom. The average Bonchev–Trinajstić information content (AvgIpc) is 1.99. The molecule has 0 spiro atoms. The van der Waals surface area contributed by atoms with Crippen molar-refractivity contribution in [2.24, 2.45) is 10.7 Å². The summed E-state index contributed by atoms with van der Waals surface area (Å²) in [5, 5.41) is 18.7. The minimum absolute atomic E-state index is 0.139. The Morgan fingerprint density at radius 3 is 2.44 bits per heavy atom. The van der Waals surface area contributed by atoms with Crippen LogP contribution in [0.2, 0.25) is 0 Å². The van der Waals surface area contributed by atoms with Crippen LogP contribution in [0.5, 0.6) is 0 Å².